The first-order valence-corrected chi connectivity index (χ1v) is 9.35. The standard InChI is InChI=1S/C24H16O6/c1-14-18-12-17(29-23(25)16-7-9-20-21(11-16)28-13-27-20)8-10-19(18)30-24(26)22(14)15-5-3-2-4-6-15/h2-12H,13H2,1H3. The Balaban J connectivity index is 1.51. The summed E-state index contributed by atoms with van der Waals surface area (Å²) in [6.45, 7) is 1.98. The van der Waals surface area contributed by atoms with Gasteiger partial charge in [0.05, 0.1) is 11.1 Å². The van der Waals surface area contributed by atoms with Crippen molar-refractivity contribution < 1.29 is 23.4 Å². The van der Waals surface area contributed by atoms with E-state index in [-0.39, 0.29) is 6.79 Å². The number of carbonyl (C=O) groups excluding carboxylic acids is 1. The number of aryl methyl sites for hydroxylation is 1. The maximum atomic E-state index is 12.6. The molecule has 30 heavy (non-hydrogen) atoms. The Morgan fingerprint density at radius 1 is 0.933 bits per heavy atom. The molecule has 1 aliphatic heterocycles. The van der Waals surface area contributed by atoms with Crippen molar-refractivity contribution in [2.45, 2.75) is 6.92 Å². The maximum Gasteiger partial charge on any atom is 0.344 e. The zero-order valence-corrected chi connectivity index (χ0v) is 16.0. The van der Waals surface area contributed by atoms with Crippen molar-refractivity contribution in [1.29, 1.82) is 0 Å². The van der Waals surface area contributed by atoms with Crippen molar-refractivity contribution in [2.24, 2.45) is 0 Å². The van der Waals surface area contributed by atoms with E-state index in [4.69, 9.17) is 18.6 Å². The molecule has 5 rings (SSSR count). The molecule has 0 fully saturated rings. The molecule has 0 atom stereocenters. The van der Waals surface area contributed by atoms with Gasteiger partial charge in [0, 0.05) is 5.39 Å². The Labute approximate surface area is 171 Å². The molecule has 1 aliphatic rings. The zero-order chi connectivity index (χ0) is 20.7. The van der Waals surface area contributed by atoms with Gasteiger partial charge in [-0.1, -0.05) is 30.3 Å². The van der Waals surface area contributed by atoms with Crippen LogP contribution in [-0.4, -0.2) is 12.8 Å². The minimum absolute atomic E-state index is 0.132. The highest BCUT2D eigenvalue weighted by atomic mass is 16.7. The van der Waals surface area contributed by atoms with Gasteiger partial charge in [0.15, 0.2) is 11.5 Å². The first-order valence-electron chi connectivity index (χ1n) is 9.35. The molecule has 4 aromatic rings. The first kappa shape index (κ1) is 18.0. The average molecular weight is 400 g/mol. The molecule has 6 nitrogen and oxygen atoms in total. The second-order valence-corrected chi connectivity index (χ2v) is 6.87. The van der Waals surface area contributed by atoms with E-state index in [1.165, 1.54) is 0 Å². The molecular formula is C24H16O6. The third kappa shape index (κ3) is 3.08. The van der Waals surface area contributed by atoms with E-state index in [0.717, 1.165) is 11.1 Å². The van der Waals surface area contributed by atoms with Crippen LogP contribution in [0.1, 0.15) is 15.9 Å². The van der Waals surface area contributed by atoms with Gasteiger partial charge in [-0.05, 0) is 54.4 Å². The Kier molecular flexibility index (Phi) is 4.25. The smallest absolute Gasteiger partial charge is 0.344 e. The van der Waals surface area contributed by atoms with Crippen LogP contribution in [0.2, 0.25) is 0 Å². The Bertz CT molecular complexity index is 1340. The van der Waals surface area contributed by atoms with Crippen molar-refractivity contribution in [3.63, 3.8) is 0 Å². The second-order valence-electron chi connectivity index (χ2n) is 6.87. The average Bonchev–Trinajstić information content (AvgIpc) is 3.23. The Hall–Kier alpha value is -4.06. The number of ether oxygens (including phenoxy) is 3. The largest absolute Gasteiger partial charge is 0.454 e. The normalized spacial score (nSPS) is 12.2. The molecule has 0 radical (unpaired) electrons. The summed E-state index contributed by atoms with van der Waals surface area (Å²) in [6.07, 6.45) is 0. The van der Waals surface area contributed by atoms with E-state index in [9.17, 15) is 9.59 Å². The molecule has 0 spiro atoms. The number of rotatable bonds is 3. The summed E-state index contributed by atoms with van der Waals surface area (Å²) in [5.74, 6) is 0.927. The van der Waals surface area contributed by atoms with Gasteiger partial charge in [-0.15, -0.1) is 0 Å². The number of fused-ring (bicyclic) bond motifs is 2. The molecule has 0 unspecified atom stereocenters. The summed E-state index contributed by atoms with van der Waals surface area (Å²) >= 11 is 0. The third-order valence-electron chi connectivity index (χ3n) is 5.02. The van der Waals surface area contributed by atoms with Gasteiger partial charge in [-0.25, -0.2) is 9.59 Å². The lowest BCUT2D eigenvalue weighted by Crippen LogP contribution is -2.09. The van der Waals surface area contributed by atoms with Crippen LogP contribution in [0.15, 0.2) is 75.9 Å². The fraction of sp³-hybridized carbons (Fsp3) is 0.0833. The first-order chi connectivity index (χ1) is 14.6. The van der Waals surface area contributed by atoms with E-state index < -0.39 is 11.6 Å². The van der Waals surface area contributed by atoms with Gasteiger partial charge < -0.3 is 18.6 Å². The highest BCUT2D eigenvalue weighted by Crippen LogP contribution is 2.33. The molecule has 148 valence electrons. The lowest BCUT2D eigenvalue weighted by molar-refractivity contribution is 0.0734. The van der Waals surface area contributed by atoms with Crippen LogP contribution in [0.3, 0.4) is 0 Å². The maximum absolute atomic E-state index is 12.6. The summed E-state index contributed by atoms with van der Waals surface area (Å²) in [4.78, 5) is 25.1. The molecule has 3 aromatic carbocycles. The molecule has 0 saturated carbocycles. The van der Waals surface area contributed by atoms with Crippen LogP contribution in [0.5, 0.6) is 17.2 Å². The van der Waals surface area contributed by atoms with Gasteiger partial charge in [0.1, 0.15) is 11.3 Å². The highest BCUT2D eigenvalue weighted by Gasteiger charge is 2.18. The molecule has 0 saturated heterocycles. The Morgan fingerprint density at radius 3 is 2.57 bits per heavy atom. The lowest BCUT2D eigenvalue weighted by Gasteiger charge is -2.10. The number of esters is 1. The summed E-state index contributed by atoms with van der Waals surface area (Å²) in [6, 6.07) is 19.1. The van der Waals surface area contributed by atoms with E-state index in [1.807, 2.05) is 37.3 Å². The van der Waals surface area contributed by atoms with Crippen LogP contribution >= 0.6 is 0 Å². The van der Waals surface area contributed by atoms with Crippen LogP contribution in [0.25, 0.3) is 22.1 Å². The minimum atomic E-state index is -0.522. The Morgan fingerprint density at radius 2 is 1.73 bits per heavy atom. The SMILES string of the molecule is Cc1c(-c2ccccc2)c(=O)oc2ccc(OC(=O)c3ccc4c(c3)OCO4)cc12. The second kappa shape index (κ2) is 7.08. The van der Waals surface area contributed by atoms with Crippen molar-refractivity contribution in [2.75, 3.05) is 6.79 Å². The summed E-state index contributed by atoms with van der Waals surface area (Å²) < 4.78 is 21.6. The van der Waals surface area contributed by atoms with E-state index in [0.29, 0.717) is 39.3 Å². The fourth-order valence-electron chi connectivity index (χ4n) is 3.52. The number of carbonyl (C=O) groups is 1. The van der Waals surface area contributed by atoms with Crippen molar-refractivity contribution >= 4 is 16.9 Å². The van der Waals surface area contributed by atoms with Crippen molar-refractivity contribution in [1.82, 2.24) is 0 Å². The van der Waals surface area contributed by atoms with Gasteiger partial charge in [-0.3, -0.25) is 0 Å². The molecule has 1 aromatic heterocycles. The van der Waals surface area contributed by atoms with Crippen molar-refractivity contribution in [3.8, 4) is 28.4 Å². The third-order valence-corrected chi connectivity index (χ3v) is 5.02. The van der Waals surface area contributed by atoms with Crippen LogP contribution < -0.4 is 19.8 Å². The monoisotopic (exact) mass is 400 g/mol. The highest BCUT2D eigenvalue weighted by molar-refractivity contribution is 5.93. The predicted molar refractivity (Wildman–Crippen MR) is 110 cm³/mol. The number of hydrogen-bond acceptors (Lipinski definition) is 6. The number of benzene rings is 3. The molecule has 6 heteroatoms. The van der Waals surface area contributed by atoms with Crippen molar-refractivity contribution in [3.05, 3.63) is 88.3 Å². The number of hydrogen-bond donors (Lipinski definition) is 0. The van der Waals surface area contributed by atoms with E-state index in [2.05, 4.69) is 0 Å². The predicted octanol–water partition coefficient (Wildman–Crippen LogP) is 4.72. The minimum Gasteiger partial charge on any atom is -0.454 e. The van der Waals surface area contributed by atoms with E-state index in [1.54, 1.807) is 36.4 Å². The van der Waals surface area contributed by atoms with Gasteiger partial charge in [0.25, 0.3) is 0 Å². The van der Waals surface area contributed by atoms with Crippen LogP contribution in [-0.2, 0) is 0 Å². The van der Waals surface area contributed by atoms with Gasteiger partial charge >= 0.3 is 11.6 Å². The van der Waals surface area contributed by atoms with E-state index >= 15 is 0 Å². The zero-order valence-electron chi connectivity index (χ0n) is 16.0. The quantitative estimate of drug-likeness (QED) is 0.282. The molecule has 0 N–H and O–H groups in total. The topological polar surface area (TPSA) is 75.0 Å². The van der Waals surface area contributed by atoms with Gasteiger partial charge in [0.2, 0.25) is 6.79 Å². The molecule has 0 bridgehead atoms. The van der Waals surface area contributed by atoms with Gasteiger partial charge in [-0.2, -0.15) is 0 Å². The summed E-state index contributed by atoms with van der Waals surface area (Å²) in [5.41, 5.74) is 2.39. The molecule has 0 aliphatic carbocycles. The fourth-order valence-corrected chi connectivity index (χ4v) is 3.52. The molecule has 2 heterocycles. The van der Waals surface area contributed by atoms with Crippen LogP contribution in [0.4, 0.5) is 0 Å². The summed E-state index contributed by atoms with van der Waals surface area (Å²) in [7, 11) is 0. The lowest BCUT2D eigenvalue weighted by atomic mass is 9.99. The molecule has 0 amide bonds. The summed E-state index contributed by atoms with van der Waals surface area (Å²) in [5, 5.41) is 0.699. The molecular weight excluding hydrogens is 384 g/mol. The van der Waals surface area contributed by atoms with Crippen LogP contribution in [0, 0.1) is 6.92 Å².